The summed E-state index contributed by atoms with van der Waals surface area (Å²) in [6, 6.07) is 9.04. The van der Waals surface area contributed by atoms with Gasteiger partial charge in [0.15, 0.2) is 0 Å². The molecule has 4 aromatic rings. The van der Waals surface area contributed by atoms with Crippen molar-refractivity contribution in [3.05, 3.63) is 47.9 Å². The van der Waals surface area contributed by atoms with Gasteiger partial charge in [-0.3, -0.25) is 4.90 Å². The van der Waals surface area contributed by atoms with Crippen LogP contribution in [-0.4, -0.2) is 86.0 Å². The quantitative estimate of drug-likeness (QED) is 0.350. The molecule has 0 spiro atoms. The summed E-state index contributed by atoms with van der Waals surface area (Å²) in [5, 5.41) is 4.39. The third-order valence-corrected chi connectivity index (χ3v) is 8.68. The van der Waals surface area contributed by atoms with Crippen molar-refractivity contribution in [3.63, 3.8) is 0 Å². The predicted octanol–water partition coefficient (Wildman–Crippen LogP) is 5.33. The maximum absolute atomic E-state index is 13.2. The van der Waals surface area contributed by atoms with Crippen LogP contribution in [0.15, 0.2) is 42.2 Å². The number of nitrogens with one attached hydrogen (secondary N) is 2. The summed E-state index contributed by atoms with van der Waals surface area (Å²) < 4.78 is 1.13. The SMILES string of the molecule is CCC(CC)N1CCN(C(=O)N2CC=C(c3cc4c(Nc5ccc6ncsc6c5)ncnc4[nH]3)CC2)CC1. The van der Waals surface area contributed by atoms with E-state index in [1.165, 1.54) is 18.4 Å². The number of carbonyl (C=O) groups excluding carboxylic acids is 1. The zero-order valence-corrected chi connectivity index (χ0v) is 22.8. The summed E-state index contributed by atoms with van der Waals surface area (Å²) in [5.41, 5.74) is 6.87. The van der Waals surface area contributed by atoms with Crippen LogP contribution in [0.5, 0.6) is 0 Å². The molecule has 0 bridgehead atoms. The summed E-state index contributed by atoms with van der Waals surface area (Å²) in [6.45, 7) is 9.42. The largest absolute Gasteiger partial charge is 0.340 e. The van der Waals surface area contributed by atoms with Gasteiger partial charge in [-0.25, -0.2) is 19.7 Å². The number of urea groups is 1. The van der Waals surface area contributed by atoms with Crippen molar-refractivity contribution in [2.24, 2.45) is 0 Å². The molecule has 5 heterocycles. The Bertz CT molecular complexity index is 1460. The lowest BCUT2D eigenvalue weighted by Gasteiger charge is -2.41. The van der Waals surface area contributed by atoms with Gasteiger partial charge in [-0.15, -0.1) is 11.3 Å². The number of thiazole rings is 1. The number of hydrogen-bond acceptors (Lipinski definition) is 7. The van der Waals surface area contributed by atoms with Crippen LogP contribution in [0.25, 0.3) is 26.8 Å². The van der Waals surface area contributed by atoms with Gasteiger partial charge < -0.3 is 20.1 Å². The molecule has 198 valence electrons. The number of hydrogen-bond donors (Lipinski definition) is 2. The molecule has 1 fully saturated rings. The monoisotopic (exact) mass is 530 g/mol. The number of piperazine rings is 1. The van der Waals surface area contributed by atoms with Crippen LogP contribution < -0.4 is 5.32 Å². The first-order valence-corrected chi connectivity index (χ1v) is 14.4. The highest BCUT2D eigenvalue weighted by molar-refractivity contribution is 7.16. The van der Waals surface area contributed by atoms with Gasteiger partial charge in [-0.05, 0) is 49.1 Å². The topological polar surface area (TPSA) is 93.3 Å². The molecule has 10 heteroatoms. The number of fused-ring (bicyclic) bond motifs is 2. The lowest BCUT2D eigenvalue weighted by atomic mass is 10.0. The second-order valence-electron chi connectivity index (χ2n) is 10.0. The molecule has 2 aliphatic heterocycles. The number of aromatic nitrogens is 4. The molecule has 0 aliphatic carbocycles. The Morgan fingerprint density at radius 1 is 1.05 bits per heavy atom. The van der Waals surface area contributed by atoms with E-state index in [0.717, 1.165) is 77.6 Å². The van der Waals surface area contributed by atoms with Crippen LogP contribution >= 0.6 is 11.3 Å². The molecule has 0 atom stereocenters. The first kappa shape index (κ1) is 24.8. The Morgan fingerprint density at radius 3 is 2.66 bits per heavy atom. The van der Waals surface area contributed by atoms with Crippen LogP contribution in [0.4, 0.5) is 16.3 Å². The molecule has 0 radical (unpaired) electrons. The average Bonchev–Trinajstić information content (AvgIpc) is 3.61. The van der Waals surface area contributed by atoms with E-state index in [-0.39, 0.29) is 6.03 Å². The number of benzene rings is 1. The maximum atomic E-state index is 13.2. The van der Waals surface area contributed by atoms with E-state index >= 15 is 0 Å². The van der Waals surface area contributed by atoms with Crippen molar-refractivity contribution < 1.29 is 4.79 Å². The Hall–Kier alpha value is -3.50. The fourth-order valence-corrected chi connectivity index (χ4v) is 6.37. The standard InChI is InChI=1S/C28H34N8OS/c1-3-21(4-2)34-11-13-36(14-12-34)28(37)35-9-7-19(8-10-35)24-16-22-26(29-17-30-27(22)33-24)32-20-5-6-23-25(15-20)38-18-31-23/h5-7,15-18,21H,3-4,8-14H2,1-2H3,(H2,29,30,32,33). The number of amides is 2. The highest BCUT2D eigenvalue weighted by Crippen LogP contribution is 2.30. The lowest BCUT2D eigenvalue weighted by molar-refractivity contribution is 0.0894. The van der Waals surface area contributed by atoms with Crippen LogP contribution in [0.3, 0.4) is 0 Å². The highest BCUT2D eigenvalue weighted by atomic mass is 32.1. The van der Waals surface area contributed by atoms with Gasteiger partial charge in [-0.1, -0.05) is 19.9 Å². The minimum absolute atomic E-state index is 0.163. The number of rotatable bonds is 6. The van der Waals surface area contributed by atoms with Gasteiger partial charge in [0.25, 0.3) is 0 Å². The molecule has 0 unspecified atom stereocenters. The van der Waals surface area contributed by atoms with Crippen LogP contribution in [-0.2, 0) is 0 Å². The van der Waals surface area contributed by atoms with E-state index in [4.69, 9.17) is 0 Å². The van der Waals surface area contributed by atoms with Crippen molar-refractivity contribution in [2.45, 2.75) is 39.2 Å². The molecular formula is C28H34N8OS. The van der Waals surface area contributed by atoms with Crippen molar-refractivity contribution in [1.29, 1.82) is 0 Å². The third kappa shape index (κ3) is 4.86. The van der Waals surface area contributed by atoms with Gasteiger partial charge in [0.2, 0.25) is 0 Å². The molecule has 2 N–H and O–H groups in total. The summed E-state index contributed by atoms with van der Waals surface area (Å²) in [5.74, 6) is 0.766. The van der Waals surface area contributed by atoms with Crippen LogP contribution in [0.2, 0.25) is 0 Å². The first-order chi connectivity index (χ1) is 18.6. The van der Waals surface area contributed by atoms with Gasteiger partial charge in [0, 0.05) is 56.7 Å². The first-order valence-electron chi connectivity index (χ1n) is 13.5. The van der Waals surface area contributed by atoms with Crippen molar-refractivity contribution in [1.82, 2.24) is 34.6 Å². The molecule has 2 amide bonds. The van der Waals surface area contributed by atoms with E-state index in [0.29, 0.717) is 12.6 Å². The van der Waals surface area contributed by atoms with Crippen molar-refractivity contribution in [3.8, 4) is 0 Å². The molecule has 1 aromatic carbocycles. The number of carbonyl (C=O) groups is 1. The van der Waals surface area contributed by atoms with Crippen LogP contribution in [0, 0.1) is 0 Å². The third-order valence-electron chi connectivity index (χ3n) is 7.89. The van der Waals surface area contributed by atoms with E-state index in [2.05, 4.69) is 62.2 Å². The van der Waals surface area contributed by atoms with E-state index in [1.54, 1.807) is 17.7 Å². The molecule has 38 heavy (non-hydrogen) atoms. The molecule has 0 saturated carbocycles. The van der Waals surface area contributed by atoms with E-state index in [9.17, 15) is 4.79 Å². The van der Waals surface area contributed by atoms with Crippen LogP contribution in [0.1, 0.15) is 38.8 Å². The fraction of sp³-hybridized carbons (Fsp3) is 0.429. The zero-order valence-electron chi connectivity index (χ0n) is 22.0. The summed E-state index contributed by atoms with van der Waals surface area (Å²) in [6.07, 6.45) is 6.90. The Labute approximate surface area is 226 Å². The maximum Gasteiger partial charge on any atom is 0.320 e. The second-order valence-corrected chi connectivity index (χ2v) is 10.9. The number of aromatic amines is 1. The zero-order chi connectivity index (χ0) is 26.1. The minimum Gasteiger partial charge on any atom is -0.340 e. The Balaban J connectivity index is 1.12. The molecule has 1 saturated heterocycles. The van der Waals surface area contributed by atoms with Crippen molar-refractivity contribution in [2.75, 3.05) is 44.6 Å². The lowest BCUT2D eigenvalue weighted by Crippen LogP contribution is -2.55. The number of nitrogens with zero attached hydrogens (tertiary/aromatic N) is 6. The second kappa shape index (κ2) is 10.7. The Kier molecular flexibility index (Phi) is 6.99. The predicted molar refractivity (Wildman–Crippen MR) is 154 cm³/mol. The number of anilines is 2. The van der Waals surface area contributed by atoms with Gasteiger partial charge >= 0.3 is 6.03 Å². The fourth-order valence-electron chi connectivity index (χ4n) is 5.65. The van der Waals surface area contributed by atoms with E-state index < -0.39 is 0 Å². The molecule has 9 nitrogen and oxygen atoms in total. The van der Waals surface area contributed by atoms with E-state index in [1.807, 2.05) is 27.4 Å². The highest BCUT2D eigenvalue weighted by Gasteiger charge is 2.28. The van der Waals surface area contributed by atoms with Gasteiger partial charge in [0.1, 0.15) is 17.8 Å². The molecule has 3 aromatic heterocycles. The van der Waals surface area contributed by atoms with Gasteiger partial charge in [0.05, 0.1) is 21.1 Å². The average molecular weight is 531 g/mol. The summed E-state index contributed by atoms with van der Waals surface area (Å²) >= 11 is 1.62. The Morgan fingerprint density at radius 2 is 1.89 bits per heavy atom. The minimum atomic E-state index is 0.163. The summed E-state index contributed by atoms with van der Waals surface area (Å²) in [7, 11) is 0. The van der Waals surface area contributed by atoms with Crippen molar-refractivity contribution >= 4 is 55.7 Å². The molecule has 6 rings (SSSR count). The molecule has 2 aliphatic rings. The van der Waals surface area contributed by atoms with Gasteiger partial charge in [-0.2, -0.15) is 0 Å². The molecular weight excluding hydrogens is 496 g/mol. The summed E-state index contributed by atoms with van der Waals surface area (Å²) in [4.78, 5) is 36.5. The number of H-pyrrole nitrogens is 1. The smallest absolute Gasteiger partial charge is 0.320 e. The normalized spacial score (nSPS) is 17.0.